The second kappa shape index (κ2) is 5.44. The summed E-state index contributed by atoms with van der Waals surface area (Å²) in [4.78, 5) is 11.9. The molecule has 0 aliphatic heterocycles. The van der Waals surface area contributed by atoms with Crippen molar-refractivity contribution in [2.75, 3.05) is 7.11 Å². The Morgan fingerprint density at radius 3 is 2.76 bits per heavy atom. The molecule has 0 amide bonds. The van der Waals surface area contributed by atoms with Crippen molar-refractivity contribution >= 4 is 11.0 Å². The number of imidazole rings is 1. The highest BCUT2D eigenvalue weighted by Gasteiger charge is 2.12. The van der Waals surface area contributed by atoms with E-state index in [1.807, 2.05) is 38.1 Å². The lowest BCUT2D eigenvalue weighted by Crippen LogP contribution is -2.05. The van der Waals surface area contributed by atoms with Gasteiger partial charge in [-0.3, -0.25) is 4.98 Å². The average molecular weight is 283 g/mol. The van der Waals surface area contributed by atoms with E-state index in [1.165, 1.54) is 0 Å². The van der Waals surface area contributed by atoms with Crippen molar-refractivity contribution < 1.29 is 9.47 Å². The van der Waals surface area contributed by atoms with E-state index >= 15 is 0 Å². The lowest BCUT2D eigenvalue weighted by atomic mass is 10.2. The Morgan fingerprint density at radius 2 is 2.05 bits per heavy atom. The van der Waals surface area contributed by atoms with Gasteiger partial charge in [-0.15, -0.1) is 0 Å². The minimum Gasteiger partial charge on any atom is -0.496 e. The summed E-state index contributed by atoms with van der Waals surface area (Å²) in [5.74, 6) is 2.26. The minimum atomic E-state index is 0.123. The molecule has 0 aliphatic carbocycles. The number of pyridine rings is 1. The summed E-state index contributed by atoms with van der Waals surface area (Å²) in [6.45, 7) is 3.99. The molecule has 0 unspecified atom stereocenters. The highest BCUT2D eigenvalue weighted by Crippen LogP contribution is 2.32. The number of methoxy groups -OCH3 is 1. The summed E-state index contributed by atoms with van der Waals surface area (Å²) in [6.07, 6.45) is 3.61. The number of rotatable bonds is 4. The standard InChI is InChI=1S/C16H17N3O2/c1-10(2)21-11-4-5-12(15(8-11)20-3)16-18-13-6-7-17-9-14(13)19-16/h4-10H,1-3H3,(H,18,19). The molecule has 0 fully saturated rings. The molecular weight excluding hydrogens is 266 g/mol. The third kappa shape index (κ3) is 2.67. The van der Waals surface area contributed by atoms with Crippen molar-refractivity contribution in [1.29, 1.82) is 0 Å². The maximum Gasteiger partial charge on any atom is 0.142 e. The van der Waals surface area contributed by atoms with Gasteiger partial charge >= 0.3 is 0 Å². The Labute approximate surface area is 123 Å². The summed E-state index contributed by atoms with van der Waals surface area (Å²) >= 11 is 0. The second-order valence-corrected chi connectivity index (χ2v) is 5.01. The first kappa shape index (κ1) is 13.4. The van der Waals surface area contributed by atoms with Crippen molar-refractivity contribution in [2.45, 2.75) is 20.0 Å². The highest BCUT2D eigenvalue weighted by atomic mass is 16.5. The number of ether oxygens (including phenoxy) is 2. The van der Waals surface area contributed by atoms with Crippen LogP contribution >= 0.6 is 0 Å². The van der Waals surface area contributed by atoms with Crippen LogP contribution in [0.4, 0.5) is 0 Å². The van der Waals surface area contributed by atoms with E-state index < -0.39 is 0 Å². The molecule has 0 radical (unpaired) electrons. The summed E-state index contributed by atoms with van der Waals surface area (Å²) in [6, 6.07) is 7.61. The molecule has 21 heavy (non-hydrogen) atoms. The van der Waals surface area contributed by atoms with Crippen LogP contribution in [0.2, 0.25) is 0 Å². The molecule has 3 rings (SSSR count). The summed E-state index contributed by atoms with van der Waals surface area (Å²) < 4.78 is 11.1. The molecule has 3 aromatic rings. The molecule has 1 N–H and O–H groups in total. The van der Waals surface area contributed by atoms with E-state index in [2.05, 4.69) is 15.0 Å². The maximum absolute atomic E-state index is 5.69. The van der Waals surface area contributed by atoms with Gasteiger partial charge in [0, 0.05) is 12.3 Å². The van der Waals surface area contributed by atoms with Gasteiger partial charge in [-0.05, 0) is 32.0 Å². The fourth-order valence-electron chi connectivity index (χ4n) is 2.20. The van der Waals surface area contributed by atoms with Crippen LogP contribution in [0.5, 0.6) is 11.5 Å². The normalized spacial score (nSPS) is 11.0. The zero-order valence-corrected chi connectivity index (χ0v) is 12.3. The van der Waals surface area contributed by atoms with Gasteiger partial charge < -0.3 is 14.5 Å². The number of fused-ring (bicyclic) bond motifs is 1. The minimum absolute atomic E-state index is 0.123. The molecule has 0 atom stereocenters. The van der Waals surface area contributed by atoms with Crippen molar-refractivity contribution in [2.24, 2.45) is 0 Å². The number of aromatic nitrogens is 3. The first-order chi connectivity index (χ1) is 10.2. The first-order valence-electron chi connectivity index (χ1n) is 6.82. The number of hydrogen-bond acceptors (Lipinski definition) is 4. The largest absolute Gasteiger partial charge is 0.496 e. The predicted octanol–water partition coefficient (Wildman–Crippen LogP) is 3.42. The Morgan fingerprint density at radius 1 is 1.19 bits per heavy atom. The zero-order valence-electron chi connectivity index (χ0n) is 12.3. The maximum atomic E-state index is 5.69. The van der Waals surface area contributed by atoms with Crippen LogP contribution < -0.4 is 9.47 Å². The van der Waals surface area contributed by atoms with E-state index in [-0.39, 0.29) is 6.10 Å². The highest BCUT2D eigenvalue weighted by molar-refractivity contribution is 5.80. The molecule has 0 saturated carbocycles. The van der Waals surface area contributed by atoms with Crippen LogP contribution in [0.15, 0.2) is 36.7 Å². The number of nitrogens with one attached hydrogen (secondary N) is 1. The van der Waals surface area contributed by atoms with Crippen molar-refractivity contribution in [3.05, 3.63) is 36.7 Å². The smallest absolute Gasteiger partial charge is 0.142 e. The third-order valence-corrected chi connectivity index (χ3v) is 3.08. The molecule has 0 saturated heterocycles. The Bertz CT molecular complexity index is 732. The molecule has 0 spiro atoms. The summed E-state index contributed by atoms with van der Waals surface area (Å²) in [7, 11) is 1.64. The zero-order chi connectivity index (χ0) is 14.8. The van der Waals surface area contributed by atoms with Gasteiger partial charge in [0.1, 0.15) is 17.3 Å². The predicted molar refractivity (Wildman–Crippen MR) is 81.6 cm³/mol. The van der Waals surface area contributed by atoms with E-state index in [1.54, 1.807) is 19.5 Å². The van der Waals surface area contributed by atoms with Gasteiger partial charge in [-0.25, -0.2) is 4.98 Å². The van der Waals surface area contributed by atoms with E-state index in [4.69, 9.17) is 9.47 Å². The van der Waals surface area contributed by atoms with Gasteiger partial charge in [0.2, 0.25) is 0 Å². The summed E-state index contributed by atoms with van der Waals surface area (Å²) in [5, 5.41) is 0. The van der Waals surface area contributed by atoms with Gasteiger partial charge in [0.25, 0.3) is 0 Å². The number of aromatic amines is 1. The van der Waals surface area contributed by atoms with Crippen molar-refractivity contribution in [3.8, 4) is 22.9 Å². The van der Waals surface area contributed by atoms with E-state index in [0.717, 1.165) is 33.9 Å². The van der Waals surface area contributed by atoms with Gasteiger partial charge in [0.15, 0.2) is 0 Å². The molecule has 2 aromatic heterocycles. The monoisotopic (exact) mass is 283 g/mol. The van der Waals surface area contributed by atoms with Crippen LogP contribution in [0.3, 0.4) is 0 Å². The van der Waals surface area contributed by atoms with Crippen LogP contribution in [0.1, 0.15) is 13.8 Å². The van der Waals surface area contributed by atoms with Gasteiger partial charge in [0.05, 0.1) is 36.0 Å². The fraction of sp³-hybridized carbons (Fsp3) is 0.250. The molecule has 0 aliphatic rings. The topological polar surface area (TPSA) is 60.0 Å². The average Bonchev–Trinajstić information content (AvgIpc) is 2.90. The number of benzene rings is 1. The van der Waals surface area contributed by atoms with Crippen LogP contribution in [-0.2, 0) is 0 Å². The molecule has 1 aromatic carbocycles. The van der Waals surface area contributed by atoms with Crippen molar-refractivity contribution in [1.82, 2.24) is 15.0 Å². The lowest BCUT2D eigenvalue weighted by Gasteiger charge is -2.12. The molecular formula is C16H17N3O2. The Kier molecular flexibility index (Phi) is 3.48. The van der Waals surface area contributed by atoms with Gasteiger partial charge in [-0.2, -0.15) is 0 Å². The molecule has 0 bridgehead atoms. The number of nitrogens with zero attached hydrogens (tertiary/aromatic N) is 2. The molecule has 5 nitrogen and oxygen atoms in total. The Balaban J connectivity index is 2.04. The lowest BCUT2D eigenvalue weighted by molar-refractivity contribution is 0.241. The van der Waals surface area contributed by atoms with Crippen molar-refractivity contribution in [3.63, 3.8) is 0 Å². The van der Waals surface area contributed by atoms with Crippen LogP contribution in [0.25, 0.3) is 22.4 Å². The van der Waals surface area contributed by atoms with Gasteiger partial charge in [-0.1, -0.05) is 0 Å². The number of H-pyrrole nitrogens is 1. The molecule has 108 valence electrons. The number of hydrogen-bond donors (Lipinski definition) is 1. The first-order valence-corrected chi connectivity index (χ1v) is 6.82. The van der Waals surface area contributed by atoms with Crippen LogP contribution in [0, 0.1) is 0 Å². The Hall–Kier alpha value is -2.56. The molecule has 2 heterocycles. The quantitative estimate of drug-likeness (QED) is 0.797. The van der Waals surface area contributed by atoms with E-state index in [0.29, 0.717) is 0 Å². The van der Waals surface area contributed by atoms with E-state index in [9.17, 15) is 0 Å². The SMILES string of the molecule is COc1cc(OC(C)C)ccc1-c1nc2ccncc2[nH]1. The van der Waals surface area contributed by atoms with Crippen LogP contribution in [-0.4, -0.2) is 28.2 Å². The second-order valence-electron chi connectivity index (χ2n) is 5.01. The summed E-state index contributed by atoms with van der Waals surface area (Å²) in [5.41, 5.74) is 2.67. The molecule has 5 heteroatoms. The fourth-order valence-corrected chi connectivity index (χ4v) is 2.20. The third-order valence-electron chi connectivity index (χ3n) is 3.08.